The Kier molecular flexibility index (Phi) is 8.92. The van der Waals surface area contributed by atoms with Crippen LogP contribution in [0.25, 0.3) is 0 Å². The van der Waals surface area contributed by atoms with Gasteiger partial charge in [-0.15, -0.1) is 36.2 Å². The quantitative estimate of drug-likeness (QED) is 0.386. The highest BCUT2D eigenvalue weighted by molar-refractivity contribution is 7.16. The van der Waals surface area contributed by atoms with Crippen molar-refractivity contribution >= 4 is 58.4 Å². The number of anilines is 2. The van der Waals surface area contributed by atoms with Crippen LogP contribution in [0.5, 0.6) is 0 Å². The van der Waals surface area contributed by atoms with E-state index in [1.165, 1.54) is 21.0 Å². The summed E-state index contributed by atoms with van der Waals surface area (Å²) < 4.78 is 0. The number of piperazine rings is 1. The number of para-hydroxylation sites is 2. The van der Waals surface area contributed by atoms with Gasteiger partial charge in [0.25, 0.3) is 0 Å². The van der Waals surface area contributed by atoms with Gasteiger partial charge in [-0.05, 0) is 49.1 Å². The second-order valence-electron chi connectivity index (χ2n) is 10.3. The summed E-state index contributed by atoms with van der Waals surface area (Å²) in [6, 6.07) is 22.2. The third kappa shape index (κ3) is 6.03. The van der Waals surface area contributed by atoms with Crippen LogP contribution < -0.4 is 5.32 Å². The van der Waals surface area contributed by atoms with E-state index in [9.17, 15) is 0 Å². The van der Waals surface area contributed by atoms with Crippen LogP contribution in [0.2, 0.25) is 0 Å². The first kappa shape index (κ1) is 27.5. The molecule has 188 valence electrons. The predicted molar refractivity (Wildman–Crippen MR) is 156 cm³/mol. The number of hydrogen-bond acceptors (Lipinski definition) is 5. The topological polar surface area (TPSA) is 30.9 Å². The molecule has 3 aromatic rings. The van der Waals surface area contributed by atoms with Gasteiger partial charge in [0.15, 0.2) is 0 Å². The van der Waals surface area contributed by atoms with Crippen molar-refractivity contribution < 1.29 is 0 Å². The van der Waals surface area contributed by atoms with Gasteiger partial charge in [0, 0.05) is 30.6 Å². The molecule has 4 nitrogen and oxygen atoms in total. The maximum atomic E-state index is 5.25. The van der Waals surface area contributed by atoms with E-state index in [0.29, 0.717) is 6.04 Å². The van der Waals surface area contributed by atoms with E-state index in [4.69, 9.17) is 4.99 Å². The van der Waals surface area contributed by atoms with E-state index >= 15 is 0 Å². The van der Waals surface area contributed by atoms with Crippen molar-refractivity contribution in [2.75, 3.05) is 32.0 Å². The van der Waals surface area contributed by atoms with Crippen LogP contribution in [-0.4, -0.2) is 48.4 Å². The molecule has 1 saturated heterocycles. The van der Waals surface area contributed by atoms with Crippen molar-refractivity contribution in [2.45, 2.75) is 45.1 Å². The van der Waals surface area contributed by atoms with E-state index < -0.39 is 0 Å². The van der Waals surface area contributed by atoms with Gasteiger partial charge in [-0.1, -0.05) is 63.2 Å². The summed E-state index contributed by atoms with van der Waals surface area (Å²) in [5.41, 5.74) is 4.89. The lowest BCUT2D eigenvalue weighted by Crippen LogP contribution is -2.53. The highest BCUT2D eigenvalue weighted by atomic mass is 35.5. The van der Waals surface area contributed by atoms with Gasteiger partial charge in [-0.2, -0.15) is 0 Å². The zero-order chi connectivity index (χ0) is 23.0. The fraction of sp³-hybridized carbons (Fsp3) is 0.393. The van der Waals surface area contributed by atoms with Crippen LogP contribution in [0.15, 0.2) is 65.7 Å². The number of nitrogens with one attached hydrogen (secondary N) is 1. The molecule has 0 saturated carbocycles. The Bertz CT molecular complexity index is 1150. The molecule has 0 bridgehead atoms. The Morgan fingerprint density at radius 3 is 2.46 bits per heavy atom. The molecule has 1 atom stereocenters. The van der Waals surface area contributed by atoms with Gasteiger partial charge in [-0.3, -0.25) is 4.90 Å². The molecule has 35 heavy (non-hydrogen) atoms. The van der Waals surface area contributed by atoms with Crippen LogP contribution in [0.3, 0.4) is 0 Å². The van der Waals surface area contributed by atoms with E-state index in [-0.39, 0.29) is 30.2 Å². The fourth-order valence-electron chi connectivity index (χ4n) is 4.66. The average molecular weight is 532 g/mol. The lowest BCUT2D eigenvalue weighted by atomic mass is 9.94. The number of rotatable bonds is 3. The maximum Gasteiger partial charge on any atom is 0.139 e. The number of nitrogens with zero attached hydrogens (tertiary/aromatic N) is 3. The summed E-state index contributed by atoms with van der Waals surface area (Å²) in [6.45, 7) is 9.93. The summed E-state index contributed by atoms with van der Waals surface area (Å²) in [5, 5.41) is 4.91. The van der Waals surface area contributed by atoms with Crippen molar-refractivity contribution in [2.24, 2.45) is 4.99 Å². The molecule has 0 amide bonds. The highest BCUT2D eigenvalue weighted by Crippen LogP contribution is 2.42. The van der Waals surface area contributed by atoms with Crippen molar-refractivity contribution in [1.29, 1.82) is 0 Å². The third-order valence-electron chi connectivity index (χ3n) is 6.78. The fourth-order valence-corrected chi connectivity index (χ4v) is 5.79. The maximum absolute atomic E-state index is 5.25. The lowest BCUT2D eigenvalue weighted by Gasteiger charge is -2.41. The second-order valence-corrected chi connectivity index (χ2v) is 11.3. The molecule has 0 unspecified atom stereocenters. The molecule has 1 aromatic heterocycles. The predicted octanol–water partition coefficient (Wildman–Crippen LogP) is 7.27. The first-order valence-corrected chi connectivity index (χ1v) is 12.8. The first-order valence-electron chi connectivity index (χ1n) is 12.0. The number of amidine groups is 1. The number of aliphatic imine (C=N–C) groups is 1. The standard InChI is InChI=1S/C28H34N4S.2ClH/c1-28(2,3)25-18-22-26(29-23-12-8-9-13-24(23)30-27(22)33-25)32-17-16-31(4)21(19-32)15-14-20-10-6-5-7-11-20;;/h5-13,18,21,30H,14-17,19H2,1-4H3;2*1H/t21-;;/m0../s1. The molecule has 2 aliphatic heterocycles. The summed E-state index contributed by atoms with van der Waals surface area (Å²) >= 11 is 1.87. The molecule has 7 heteroatoms. The van der Waals surface area contributed by atoms with Gasteiger partial charge in [-0.25, -0.2) is 4.99 Å². The number of thiophene rings is 1. The van der Waals surface area contributed by atoms with E-state index in [0.717, 1.165) is 49.7 Å². The summed E-state index contributed by atoms with van der Waals surface area (Å²) in [7, 11) is 2.27. The largest absolute Gasteiger partial charge is 0.353 e. The summed E-state index contributed by atoms with van der Waals surface area (Å²) in [6.07, 6.45) is 2.27. The van der Waals surface area contributed by atoms with Crippen LogP contribution in [0.4, 0.5) is 16.4 Å². The van der Waals surface area contributed by atoms with E-state index in [1.807, 2.05) is 11.3 Å². The van der Waals surface area contributed by atoms with Crippen LogP contribution in [0, 0.1) is 0 Å². The lowest BCUT2D eigenvalue weighted by molar-refractivity contribution is 0.134. The van der Waals surface area contributed by atoms with Crippen molar-refractivity contribution in [1.82, 2.24) is 9.80 Å². The molecule has 3 heterocycles. The van der Waals surface area contributed by atoms with Gasteiger partial charge in [0.2, 0.25) is 0 Å². The first-order chi connectivity index (χ1) is 15.9. The second kappa shape index (κ2) is 11.3. The number of aryl methyl sites for hydroxylation is 1. The Balaban J connectivity index is 0.00000171. The summed E-state index contributed by atoms with van der Waals surface area (Å²) in [5.74, 6) is 1.12. The van der Waals surface area contributed by atoms with Gasteiger partial charge in [0.05, 0.1) is 16.9 Å². The van der Waals surface area contributed by atoms with Gasteiger partial charge < -0.3 is 10.2 Å². The Morgan fingerprint density at radius 1 is 1.00 bits per heavy atom. The van der Waals surface area contributed by atoms with Crippen LogP contribution >= 0.6 is 36.2 Å². The molecular weight excluding hydrogens is 495 g/mol. The zero-order valence-electron chi connectivity index (χ0n) is 21.0. The number of benzene rings is 2. The Labute approximate surface area is 226 Å². The molecule has 1 N–H and O–H groups in total. The summed E-state index contributed by atoms with van der Waals surface area (Å²) in [4.78, 5) is 11.7. The monoisotopic (exact) mass is 530 g/mol. The van der Waals surface area contributed by atoms with Crippen molar-refractivity contribution in [3.63, 3.8) is 0 Å². The number of likely N-dealkylation sites (N-methyl/N-ethyl adjacent to an activating group) is 1. The third-order valence-corrected chi connectivity index (χ3v) is 8.25. The number of fused-ring (bicyclic) bond motifs is 2. The molecule has 1 fully saturated rings. The smallest absolute Gasteiger partial charge is 0.139 e. The normalized spacial score (nSPS) is 17.7. The minimum Gasteiger partial charge on any atom is -0.353 e. The molecule has 5 rings (SSSR count). The van der Waals surface area contributed by atoms with Crippen LogP contribution in [0.1, 0.15) is 43.2 Å². The molecule has 2 aromatic carbocycles. The van der Waals surface area contributed by atoms with E-state index in [1.54, 1.807) is 0 Å². The molecule has 0 spiro atoms. The molecule has 0 aliphatic carbocycles. The Morgan fingerprint density at radius 2 is 1.71 bits per heavy atom. The van der Waals surface area contributed by atoms with Crippen molar-refractivity contribution in [3.8, 4) is 0 Å². The molecular formula is C28H36Cl2N4S. The van der Waals surface area contributed by atoms with E-state index in [2.05, 4.69) is 104 Å². The molecule has 0 radical (unpaired) electrons. The average Bonchev–Trinajstić information content (AvgIpc) is 3.16. The van der Waals surface area contributed by atoms with Gasteiger partial charge in [0.1, 0.15) is 10.8 Å². The highest BCUT2D eigenvalue weighted by Gasteiger charge is 2.31. The van der Waals surface area contributed by atoms with Crippen LogP contribution in [-0.2, 0) is 11.8 Å². The number of halogens is 2. The zero-order valence-corrected chi connectivity index (χ0v) is 23.4. The Hall–Kier alpha value is -2.05. The van der Waals surface area contributed by atoms with Crippen molar-refractivity contribution in [3.05, 3.63) is 76.7 Å². The van der Waals surface area contributed by atoms with Gasteiger partial charge >= 0.3 is 0 Å². The SMILES string of the molecule is CN1CCN(C2=Nc3ccccc3Nc3sc(C(C)(C)C)cc32)C[C@@H]1CCc1ccccc1.Cl.Cl. The molecule has 2 aliphatic rings. The minimum atomic E-state index is 0. The minimum absolute atomic E-state index is 0. The number of hydrogen-bond donors (Lipinski definition) is 1.